The van der Waals surface area contributed by atoms with Crippen LogP contribution in [0, 0.1) is 0 Å². The van der Waals surface area contributed by atoms with E-state index in [1.54, 1.807) is 6.07 Å². The van der Waals surface area contributed by atoms with Crippen molar-refractivity contribution < 1.29 is 9.53 Å². The summed E-state index contributed by atoms with van der Waals surface area (Å²) in [6.45, 7) is 12.0. The average molecular weight is 361 g/mol. The minimum atomic E-state index is -0.659. The maximum Gasteiger partial charge on any atom is 0.407 e. The number of benzene rings is 1. The third kappa shape index (κ3) is 7.16. The van der Waals surface area contributed by atoms with E-state index in [0.29, 0.717) is 12.2 Å². The van der Waals surface area contributed by atoms with Gasteiger partial charge in [-0.25, -0.2) is 4.79 Å². The number of allylic oxidation sites excluding steroid dienone is 2. The van der Waals surface area contributed by atoms with Crippen LogP contribution in [0.5, 0.6) is 0 Å². The zero-order chi connectivity index (χ0) is 19.9. The molecule has 1 aromatic carbocycles. The molecule has 0 aliphatic heterocycles. The maximum absolute atomic E-state index is 11.7. The molecule has 0 bridgehead atoms. The second-order valence-corrected chi connectivity index (χ2v) is 6.92. The normalized spacial score (nSPS) is 12.0. The van der Waals surface area contributed by atoms with Crippen LogP contribution < -0.4 is 27.8 Å². The minimum Gasteiger partial charge on any atom is -0.444 e. The number of nitrogen functional groups attached to an aromatic ring is 1. The summed E-state index contributed by atoms with van der Waals surface area (Å²) in [5.41, 5.74) is 20.6. The number of anilines is 2. The molecule has 1 rings (SSSR count). The Labute approximate surface area is 155 Å². The van der Waals surface area contributed by atoms with Crippen molar-refractivity contribution in [3.63, 3.8) is 0 Å². The molecule has 0 radical (unpaired) electrons. The van der Waals surface area contributed by atoms with Crippen LogP contribution in [0.2, 0.25) is 0 Å². The summed E-state index contributed by atoms with van der Waals surface area (Å²) in [5, 5.41) is 5.60. The highest BCUT2D eigenvalue weighted by atomic mass is 16.6. The number of hydrogen-bond donors (Lipinski definition) is 5. The Hall–Kier alpha value is -2.51. The quantitative estimate of drug-likeness (QED) is 0.288. The summed E-state index contributed by atoms with van der Waals surface area (Å²) in [4.78, 5) is 11.7. The van der Waals surface area contributed by atoms with E-state index in [4.69, 9.17) is 21.9 Å². The number of nitrogens with one attached hydrogen (secondary N) is 2. The highest BCUT2D eigenvalue weighted by molar-refractivity contribution is 5.85. The molecule has 1 amide bonds. The van der Waals surface area contributed by atoms with Gasteiger partial charge in [0.05, 0.1) is 0 Å². The van der Waals surface area contributed by atoms with Crippen LogP contribution >= 0.6 is 0 Å². The second-order valence-electron chi connectivity index (χ2n) is 6.92. The first-order valence-electron chi connectivity index (χ1n) is 8.56. The molecule has 0 aliphatic carbocycles. The van der Waals surface area contributed by atoms with Gasteiger partial charge in [0.1, 0.15) is 11.9 Å². The van der Waals surface area contributed by atoms with Crippen molar-refractivity contribution in [2.24, 2.45) is 11.5 Å². The summed E-state index contributed by atoms with van der Waals surface area (Å²) in [5.74, 6) is 0. The Morgan fingerprint density at radius 2 is 2.00 bits per heavy atom. The third-order valence-corrected chi connectivity index (χ3v) is 3.47. The van der Waals surface area contributed by atoms with Gasteiger partial charge in [-0.2, -0.15) is 0 Å². The standard InChI is InChI=1S/C19H31N5O2/c1-6-13(9-10-23-18(25)26-19(3,4)5)12(2)15-8-7-14(11-16(15)20)24-17(21)22/h7-9,11,17,24H,2,6,10,20-22H2,1,3-5H3,(H,23,25)/b13-9+. The zero-order valence-electron chi connectivity index (χ0n) is 16.1. The van der Waals surface area contributed by atoms with Gasteiger partial charge in [-0.05, 0) is 50.5 Å². The Bertz CT molecular complexity index is 675. The van der Waals surface area contributed by atoms with Crippen molar-refractivity contribution in [1.82, 2.24) is 5.32 Å². The first kappa shape index (κ1) is 21.5. The van der Waals surface area contributed by atoms with Gasteiger partial charge < -0.3 is 21.1 Å². The fraction of sp³-hybridized carbons (Fsp3) is 0.421. The van der Waals surface area contributed by atoms with E-state index >= 15 is 0 Å². The van der Waals surface area contributed by atoms with Gasteiger partial charge in [-0.15, -0.1) is 0 Å². The molecule has 1 aromatic rings. The molecule has 26 heavy (non-hydrogen) atoms. The average Bonchev–Trinajstić information content (AvgIpc) is 2.48. The van der Waals surface area contributed by atoms with Crippen LogP contribution in [-0.4, -0.2) is 24.5 Å². The summed E-state index contributed by atoms with van der Waals surface area (Å²) < 4.78 is 5.21. The van der Waals surface area contributed by atoms with E-state index in [1.165, 1.54) is 0 Å². The number of ether oxygens (including phenoxy) is 1. The highest BCUT2D eigenvalue weighted by Crippen LogP contribution is 2.30. The van der Waals surface area contributed by atoms with Crippen LogP contribution in [0.3, 0.4) is 0 Å². The van der Waals surface area contributed by atoms with Gasteiger partial charge in [0.2, 0.25) is 0 Å². The lowest BCUT2D eigenvalue weighted by Crippen LogP contribution is -2.38. The first-order chi connectivity index (χ1) is 12.0. The summed E-state index contributed by atoms with van der Waals surface area (Å²) >= 11 is 0. The Balaban J connectivity index is 2.80. The Kier molecular flexibility index (Phi) is 7.67. The Morgan fingerprint density at radius 3 is 2.50 bits per heavy atom. The zero-order valence-corrected chi connectivity index (χ0v) is 16.1. The number of carbonyl (C=O) groups excluding carboxylic acids is 1. The van der Waals surface area contributed by atoms with E-state index in [2.05, 4.69) is 17.2 Å². The number of rotatable bonds is 7. The van der Waals surface area contributed by atoms with E-state index in [9.17, 15) is 4.79 Å². The number of nitrogens with two attached hydrogens (primary N) is 3. The maximum atomic E-state index is 11.7. The molecule has 7 nitrogen and oxygen atoms in total. The fourth-order valence-corrected chi connectivity index (χ4v) is 2.35. The summed E-state index contributed by atoms with van der Waals surface area (Å²) in [6.07, 6.45) is 1.55. The van der Waals surface area contributed by atoms with Crippen molar-refractivity contribution in [2.75, 3.05) is 17.6 Å². The summed E-state index contributed by atoms with van der Waals surface area (Å²) in [6, 6.07) is 5.47. The molecule has 0 aliphatic rings. The minimum absolute atomic E-state index is 0.346. The second kappa shape index (κ2) is 9.26. The van der Waals surface area contributed by atoms with Crippen molar-refractivity contribution >= 4 is 23.0 Å². The highest BCUT2D eigenvalue weighted by Gasteiger charge is 2.15. The third-order valence-electron chi connectivity index (χ3n) is 3.47. The lowest BCUT2D eigenvalue weighted by molar-refractivity contribution is 0.0534. The van der Waals surface area contributed by atoms with Crippen LogP contribution in [0.25, 0.3) is 5.57 Å². The fourth-order valence-electron chi connectivity index (χ4n) is 2.35. The van der Waals surface area contributed by atoms with Gasteiger partial charge >= 0.3 is 6.09 Å². The van der Waals surface area contributed by atoms with Crippen LogP contribution in [-0.2, 0) is 4.74 Å². The predicted octanol–water partition coefficient (Wildman–Crippen LogP) is 2.76. The molecule has 144 valence electrons. The largest absolute Gasteiger partial charge is 0.444 e. The molecule has 0 aromatic heterocycles. The predicted molar refractivity (Wildman–Crippen MR) is 108 cm³/mol. The lowest BCUT2D eigenvalue weighted by Gasteiger charge is -2.19. The molecule has 0 fully saturated rings. The van der Waals surface area contributed by atoms with Crippen molar-refractivity contribution in [1.29, 1.82) is 0 Å². The smallest absolute Gasteiger partial charge is 0.407 e. The van der Waals surface area contributed by atoms with Crippen LogP contribution in [0.4, 0.5) is 16.2 Å². The molecule has 7 heteroatoms. The van der Waals surface area contributed by atoms with E-state index in [-0.39, 0.29) is 0 Å². The van der Waals surface area contributed by atoms with Crippen molar-refractivity contribution in [2.45, 2.75) is 46.0 Å². The molecule has 0 atom stereocenters. The summed E-state index contributed by atoms with van der Waals surface area (Å²) in [7, 11) is 0. The van der Waals surface area contributed by atoms with Gasteiger partial charge in [-0.1, -0.05) is 25.6 Å². The monoisotopic (exact) mass is 361 g/mol. The van der Waals surface area contributed by atoms with Gasteiger partial charge in [0.15, 0.2) is 0 Å². The van der Waals surface area contributed by atoms with Gasteiger partial charge in [-0.3, -0.25) is 11.5 Å². The lowest BCUT2D eigenvalue weighted by atomic mass is 9.95. The molecular formula is C19H31N5O2. The van der Waals surface area contributed by atoms with Crippen molar-refractivity contribution in [3.8, 4) is 0 Å². The number of amides is 1. The topological polar surface area (TPSA) is 128 Å². The molecule has 0 saturated heterocycles. The van der Waals surface area contributed by atoms with Crippen LogP contribution in [0.15, 0.2) is 36.4 Å². The number of carbonyl (C=O) groups is 1. The van der Waals surface area contributed by atoms with Gasteiger partial charge in [0, 0.05) is 23.5 Å². The molecule has 0 heterocycles. The van der Waals surface area contributed by atoms with E-state index in [1.807, 2.05) is 45.9 Å². The number of hydrogen-bond acceptors (Lipinski definition) is 6. The first-order valence-corrected chi connectivity index (χ1v) is 8.56. The molecular weight excluding hydrogens is 330 g/mol. The molecule has 0 spiro atoms. The van der Waals surface area contributed by atoms with Crippen molar-refractivity contribution in [3.05, 3.63) is 42.0 Å². The van der Waals surface area contributed by atoms with E-state index < -0.39 is 18.0 Å². The van der Waals surface area contributed by atoms with Crippen LogP contribution in [0.1, 0.15) is 39.7 Å². The van der Waals surface area contributed by atoms with E-state index in [0.717, 1.165) is 28.8 Å². The SMILES string of the molecule is C=C(/C(=C/CNC(=O)OC(C)(C)C)CC)c1ccc(NC(N)N)cc1N. The van der Waals surface area contributed by atoms with Gasteiger partial charge in [0.25, 0.3) is 0 Å². The molecule has 0 unspecified atom stereocenters. The molecule has 8 N–H and O–H groups in total. The molecule has 0 saturated carbocycles. The number of alkyl carbamates (subject to hydrolysis) is 1. The Morgan fingerprint density at radius 1 is 1.35 bits per heavy atom.